The van der Waals surface area contributed by atoms with Crippen molar-refractivity contribution < 1.29 is 4.79 Å². The molecule has 0 aromatic heterocycles. The number of nitrogens with one attached hydrogen (secondary N) is 2. The summed E-state index contributed by atoms with van der Waals surface area (Å²) in [6.45, 7) is 8.24. The minimum absolute atomic E-state index is 0.0406. The normalized spacial score (nSPS) is 15.0. The van der Waals surface area contributed by atoms with Crippen molar-refractivity contribution in [1.82, 2.24) is 10.6 Å². The van der Waals surface area contributed by atoms with Crippen molar-refractivity contribution in [2.75, 3.05) is 37.6 Å². The number of amides is 1. The second kappa shape index (κ2) is 10.1. The van der Waals surface area contributed by atoms with Crippen LogP contribution >= 0.6 is 0 Å². The average Bonchev–Trinajstić information content (AvgIpc) is 2.76. The number of rotatable bonds is 7. The summed E-state index contributed by atoms with van der Waals surface area (Å²) in [6.07, 6.45) is 0.750. The maximum Gasteiger partial charge on any atom is 0.228 e. The van der Waals surface area contributed by atoms with E-state index in [2.05, 4.69) is 65.8 Å². The zero-order valence-corrected chi connectivity index (χ0v) is 17.3. The Morgan fingerprint density at radius 2 is 1.93 bits per heavy atom. The van der Waals surface area contributed by atoms with Crippen molar-refractivity contribution in [2.24, 2.45) is 5.92 Å². The van der Waals surface area contributed by atoms with Crippen LogP contribution in [-0.2, 0) is 4.79 Å². The molecule has 5 nitrogen and oxygen atoms in total. The lowest BCUT2D eigenvalue weighted by molar-refractivity contribution is -0.122. The van der Waals surface area contributed by atoms with Crippen molar-refractivity contribution in [1.29, 1.82) is 5.26 Å². The number of carbonyl (C=O) groups is 1. The molecule has 1 saturated heterocycles. The number of benzene rings is 2. The van der Waals surface area contributed by atoms with Crippen LogP contribution in [0.4, 0.5) is 5.69 Å². The SMILES string of the molecule is CC(C)C[C@@H](C(=O)NCC#N)c1cccc(-c2ccccc2N2CCNCC2)c1. The summed E-state index contributed by atoms with van der Waals surface area (Å²) in [5.41, 5.74) is 4.55. The molecule has 5 heteroatoms. The van der Waals surface area contributed by atoms with E-state index < -0.39 is 0 Å². The number of hydrogen-bond acceptors (Lipinski definition) is 4. The van der Waals surface area contributed by atoms with Crippen LogP contribution < -0.4 is 15.5 Å². The first-order valence-electron chi connectivity index (χ1n) is 10.4. The molecule has 0 unspecified atom stereocenters. The van der Waals surface area contributed by atoms with Gasteiger partial charge in [0.2, 0.25) is 5.91 Å². The predicted molar refractivity (Wildman–Crippen MR) is 118 cm³/mol. The Labute approximate surface area is 173 Å². The number of para-hydroxylation sites is 1. The summed E-state index contributed by atoms with van der Waals surface area (Å²) >= 11 is 0. The zero-order valence-electron chi connectivity index (χ0n) is 17.3. The van der Waals surface area contributed by atoms with Crippen molar-refractivity contribution in [3.63, 3.8) is 0 Å². The standard InChI is InChI=1S/C24H30N4O/c1-18(2)16-22(24(29)27-11-10-25)20-7-5-6-19(17-20)21-8-3-4-9-23(21)28-14-12-26-13-15-28/h3-9,17-18,22,26H,11-16H2,1-2H3,(H,27,29)/t22-/m1/s1. The van der Waals surface area contributed by atoms with Crippen LogP contribution in [0.1, 0.15) is 31.7 Å². The first kappa shape index (κ1) is 20.9. The molecule has 1 aliphatic rings. The van der Waals surface area contributed by atoms with Gasteiger partial charge in [-0.1, -0.05) is 56.3 Å². The molecule has 152 valence electrons. The molecular weight excluding hydrogens is 360 g/mol. The Kier molecular flexibility index (Phi) is 7.26. The van der Waals surface area contributed by atoms with Gasteiger partial charge in [-0.15, -0.1) is 0 Å². The van der Waals surface area contributed by atoms with Crippen molar-refractivity contribution in [3.05, 3.63) is 54.1 Å². The average molecular weight is 391 g/mol. The third kappa shape index (κ3) is 5.36. The number of nitriles is 1. The Morgan fingerprint density at radius 1 is 1.17 bits per heavy atom. The molecule has 0 radical (unpaired) electrons. The highest BCUT2D eigenvalue weighted by molar-refractivity contribution is 5.85. The molecule has 0 spiro atoms. The van der Waals surface area contributed by atoms with Crippen LogP contribution in [0.25, 0.3) is 11.1 Å². The molecule has 1 aliphatic heterocycles. The minimum Gasteiger partial charge on any atom is -0.368 e. The molecule has 1 fully saturated rings. The number of piperazine rings is 1. The van der Waals surface area contributed by atoms with E-state index in [1.807, 2.05) is 18.2 Å². The number of nitrogens with zero attached hydrogens (tertiary/aromatic N) is 2. The van der Waals surface area contributed by atoms with Gasteiger partial charge < -0.3 is 15.5 Å². The molecule has 1 heterocycles. The van der Waals surface area contributed by atoms with E-state index in [4.69, 9.17) is 5.26 Å². The molecule has 1 amide bonds. The molecule has 0 bridgehead atoms. The molecule has 2 aromatic rings. The lowest BCUT2D eigenvalue weighted by Gasteiger charge is -2.31. The maximum absolute atomic E-state index is 12.7. The highest BCUT2D eigenvalue weighted by atomic mass is 16.1. The summed E-state index contributed by atoms with van der Waals surface area (Å²) in [4.78, 5) is 15.1. The second-order valence-electron chi connectivity index (χ2n) is 7.94. The molecular formula is C24H30N4O. The Hall–Kier alpha value is -2.84. The van der Waals surface area contributed by atoms with Gasteiger partial charge in [-0.25, -0.2) is 0 Å². The largest absolute Gasteiger partial charge is 0.368 e. The molecule has 1 atom stereocenters. The minimum atomic E-state index is -0.255. The van der Waals surface area contributed by atoms with Gasteiger partial charge in [0.05, 0.1) is 12.0 Å². The highest BCUT2D eigenvalue weighted by Gasteiger charge is 2.22. The van der Waals surface area contributed by atoms with E-state index in [-0.39, 0.29) is 18.4 Å². The van der Waals surface area contributed by atoms with Gasteiger partial charge in [-0.3, -0.25) is 4.79 Å². The summed E-state index contributed by atoms with van der Waals surface area (Å²) in [7, 11) is 0. The van der Waals surface area contributed by atoms with E-state index in [1.54, 1.807) is 0 Å². The van der Waals surface area contributed by atoms with Crippen LogP contribution in [0.2, 0.25) is 0 Å². The molecule has 0 aliphatic carbocycles. The summed E-state index contributed by atoms with van der Waals surface area (Å²) in [5.74, 6) is 0.0482. The lowest BCUT2D eigenvalue weighted by Crippen LogP contribution is -2.43. The van der Waals surface area contributed by atoms with E-state index in [0.29, 0.717) is 5.92 Å². The quantitative estimate of drug-likeness (QED) is 0.710. The summed E-state index contributed by atoms with van der Waals surface area (Å²) in [6, 6.07) is 18.8. The number of carbonyl (C=O) groups excluding carboxylic acids is 1. The highest BCUT2D eigenvalue weighted by Crippen LogP contribution is 2.34. The molecule has 29 heavy (non-hydrogen) atoms. The molecule has 0 saturated carbocycles. The van der Waals surface area contributed by atoms with Gasteiger partial charge in [0.15, 0.2) is 0 Å². The van der Waals surface area contributed by atoms with Crippen LogP contribution in [0, 0.1) is 17.2 Å². The lowest BCUT2D eigenvalue weighted by atomic mass is 9.87. The smallest absolute Gasteiger partial charge is 0.228 e. The third-order valence-corrected chi connectivity index (χ3v) is 5.33. The van der Waals surface area contributed by atoms with Crippen LogP contribution in [0.5, 0.6) is 0 Å². The van der Waals surface area contributed by atoms with Gasteiger partial charge in [0.1, 0.15) is 6.54 Å². The molecule has 2 N–H and O–H groups in total. The Balaban J connectivity index is 1.94. The third-order valence-electron chi connectivity index (χ3n) is 5.33. The Morgan fingerprint density at radius 3 is 2.66 bits per heavy atom. The van der Waals surface area contributed by atoms with Crippen molar-refractivity contribution in [3.8, 4) is 17.2 Å². The van der Waals surface area contributed by atoms with Crippen LogP contribution in [-0.4, -0.2) is 38.6 Å². The maximum atomic E-state index is 12.7. The number of anilines is 1. The van der Waals surface area contributed by atoms with Gasteiger partial charge in [0, 0.05) is 37.4 Å². The monoisotopic (exact) mass is 390 g/mol. The predicted octanol–water partition coefficient (Wildman–Crippen LogP) is 3.53. The van der Waals surface area contributed by atoms with Gasteiger partial charge >= 0.3 is 0 Å². The fourth-order valence-corrected chi connectivity index (χ4v) is 3.94. The van der Waals surface area contributed by atoms with Crippen molar-refractivity contribution >= 4 is 11.6 Å². The molecule has 2 aromatic carbocycles. The summed E-state index contributed by atoms with van der Waals surface area (Å²) in [5, 5.41) is 15.0. The second-order valence-corrected chi connectivity index (χ2v) is 7.94. The summed E-state index contributed by atoms with van der Waals surface area (Å²) < 4.78 is 0. The van der Waals surface area contributed by atoms with Crippen molar-refractivity contribution in [2.45, 2.75) is 26.2 Å². The first-order valence-corrected chi connectivity index (χ1v) is 10.4. The van der Waals surface area contributed by atoms with Crippen LogP contribution in [0.15, 0.2) is 48.5 Å². The van der Waals surface area contributed by atoms with Gasteiger partial charge in [-0.05, 0) is 29.5 Å². The van der Waals surface area contributed by atoms with Gasteiger partial charge in [-0.2, -0.15) is 5.26 Å². The Bertz CT molecular complexity index is 865. The van der Waals surface area contributed by atoms with E-state index in [1.165, 1.54) is 11.3 Å². The first-order chi connectivity index (χ1) is 14.1. The molecule has 3 rings (SSSR count). The fraction of sp³-hybridized carbons (Fsp3) is 0.417. The topological polar surface area (TPSA) is 68.2 Å². The number of hydrogen-bond donors (Lipinski definition) is 2. The van der Waals surface area contributed by atoms with E-state index in [9.17, 15) is 4.79 Å². The van der Waals surface area contributed by atoms with E-state index >= 15 is 0 Å². The van der Waals surface area contributed by atoms with E-state index in [0.717, 1.165) is 43.7 Å². The fourth-order valence-electron chi connectivity index (χ4n) is 3.94. The van der Waals surface area contributed by atoms with Crippen LogP contribution in [0.3, 0.4) is 0 Å². The zero-order chi connectivity index (χ0) is 20.6. The van der Waals surface area contributed by atoms with Gasteiger partial charge in [0.25, 0.3) is 0 Å².